The lowest BCUT2D eigenvalue weighted by molar-refractivity contribution is -0.133. The molecule has 0 atom stereocenters. The SMILES string of the molecule is CC(C)(C)OC(=O)N/C(=C\CCC1CCCCC1)C(=O)O. The molecule has 120 valence electrons. The minimum atomic E-state index is -1.13. The Kier molecular flexibility index (Phi) is 6.72. The smallest absolute Gasteiger partial charge is 0.412 e. The van der Waals surface area contributed by atoms with Crippen LogP contribution in [0.25, 0.3) is 0 Å². The van der Waals surface area contributed by atoms with Crippen LogP contribution in [0, 0.1) is 5.92 Å². The van der Waals surface area contributed by atoms with Gasteiger partial charge in [0.25, 0.3) is 0 Å². The average Bonchev–Trinajstić information content (AvgIpc) is 2.36. The Balaban J connectivity index is 2.46. The molecule has 0 heterocycles. The van der Waals surface area contributed by atoms with Crippen LogP contribution in [-0.4, -0.2) is 22.8 Å². The molecule has 0 aromatic heterocycles. The molecule has 0 aromatic rings. The zero-order chi connectivity index (χ0) is 15.9. The normalized spacial score (nSPS) is 17.4. The third kappa shape index (κ3) is 7.73. The zero-order valence-electron chi connectivity index (χ0n) is 13.3. The van der Waals surface area contributed by atoms with Crippen LogP contribution in [0.15, 0.2) is 11.8 Å². The van der Waals surface area contributed by atoms with Crippen LogP contribution in [0.3, 0.4) is 0 Å². The number of carbonyl (C=O) groups excluding carboxylic acids is 1. The van der Waals surface area contributed by atoms with Crippen LogP contribution in [0.1, 0.15) is 65.7 Å². The first-order chi connectivity index (χ1) is 9.78. The van der Waals surface area contributed by atoms with Crippen molar-refractivity contribution < 1.29 is 19.4 Å². The van der Waals surface area contributed by atoms with Gasteiger partial charge in [-0.3, -0.25) is 5.32 Å². The molecule has 1 aliphatic rings. The maximum atomic E-state index is 11.6. The number of carbonyl (C=O) groups is 2. The highest BCUT2D eigenvalue weighted by Gasteiger charge is 2.19. The highest BCUT2D eigenvalue weighted by atomic mass is 16.6. The van der Waals surface area contributed by atoms with Crippen LogP contribution in [0.2, 0.25) is 0 Å². The van der Waals surface area contributed by atoms with E-state index in [1.54, 1.807) is 26.8 Å². The molecule has 1 saturated carbocycles. The van der Waals surface area contributed by atoms with Crippen molar-refractivity contribution in [2.24, 2.45) is 5.92 Å². The molecule has 0 saturated heterocycles. The molecule has 0 unspecified atom stereocenters. The van der Waals surface area contributed by atoms with E-state index in [9.17, 15) is 9.59 Å². The molecule has 1 fully saturated rings. The van der Waals surface area contributed by atoms with E-state index in [2.05, 4.69) is 5.32 Å². The first kappa shape index (κ1) is 17.5. The molecule has 0 bridgehead atoms. The molecule has 0 spiro atoms. The lowest BCUT2D eigenvalue weighted by Crippen LogP contribution is -2.34. The highest BCUT2D eigenvalue weighted by molar-refractivity contribution is 5.90. The number of hydrogen-bond acceptors (Lipinski definition) is 3. The standard InChI is InChI=1S/C16H27NO4/c1-16(2,3)21-15(20)17-13(14(18)19)11-7-10-12-8-5-4-6-9-12/h11-12H,4-10H2,1-3H3,(H,17,20)(H,18,19)/b13-11-. The molecular formula is C16H27NO4. The molecule has 1 aliphatic carbocycles. The summed E-state index contributed by atoms with van der Waals surface area (Å²) in [5.41, 5.74) is -0.740. The minimum absolute atomic E-state index is 0.0972. The summed E-state index contributed by atoms with van der Waals surface area (Å²) >= 11 is 0. The number of alkyl carbamates (subject to hydrolysis) is 1. The van der Waals surface area contributed by atoms with Crippen LogP contribution in [0.4, 0.5) is 4.79 Å². The fraction of sp³-hybridized carbons (Fsp3) is 0.750. The van der Waals surface area contributed by atoms with Crippen molar-refractivity contribution in [1.29, 1.82) is 0 Å². The molecule has 5 nitrogen and oxygen atoms in total. The van der Waals surface area contributed by atoms with Crippen LogP contribution in [0.5, 0.6) is 0 Å². The molecule has 21 heavy (non-hydrogen) atoms. The van der Waals surface area contributed by atoms with E-state index in [0.717, 1.165) is 6.42 Å². The first-order valence-corrected chi connectivity index (χ1v) is 7.71. The Labute approximate surface area is 126 Å². The number of amides is 1. The lowest BCUT2D eigenvalue weighted by atomic mass is 9.86. The van der Waals surface area contributed by atoms with Crippen molar-refractivity contribution in [2.75, 3.05) is 0 Å². The Hall–Kier alpha value is -1.52. The fourth-order valence-corrected chi connectivity index (χ4v) is 2.54. The summed E-state index contributed by atoms with van der Waals surface area (Å²) in [6.07, 6.45) is 8.83. The average molecular weight is 297 g/mol. The molecular weight excluding hydrogens is 270 g/mol. The third-order valence-electron chi connectivity index (χ3n) is 3.51. The fourth-order valence-electron chi connectivity index (χ4n) is 2.54. The van der Waals surface area contributed by atoms with E-state index >= 15 is 0 Å². The van der Waals surface area contributed by atoms with Gasteiger partial charge in [-0.25, -0.2) is 9.59 Å². The topological polar surface area (TPSA) is 75.6 Å². The number of nitrogens with one attached hydrogen (secondary N) is 1. The third-order valence-corrected chi connectivity index (χ3v) is 3.51. The molecule has 5 heteroatoms. The Morgan fingerprint density at radius 1 is 1.24 bits per heavy atom. The Morgan fingerprint density at radius 2 is 1.86 bits per heavy atom. The lowest BCUT2D eigenvalue weighted by Gasteiger charge is -2.21. The number of ether oxygens (including phenoxy) is 1. The summed E-state index contributed by atoms with van der Waals surface area (Å²) in [6.45, 7) is 5.21. The number of aliphatic carboxylic acids is 1. The minimum Gasteiger partial charge on any atom is -0.477 e. The van der Waals surface area contributed by atoms with Crippen molar-refractivity contribution in [1.82, 2.24) is 5.32 Å². The second-order valence-corrected chi connectivity index (χ2v) is 6.63. The molecule has 2 N–H and O–H groups in total. The largest absolute Gasteiger partial charge is 0.477 e. The van der Waals surface area contributed by atoms with Crippen LogP contribution >= 0.6 is 0 Å². The molecule has 1 amide bonds. The van der Waals surface area contributed by atoms with Gasteiger partial charge >= 0.3 is 12.1 Å². The maximum Gasteiger partial charge on any atom is 0.412 e. The van der Waals surface area contributed by atoms with Crippen LogP contribution < -0.4 is 5.32 Å². The van der Waals surface area contributed by atoms with Crippen molar-refractivity contribution in [3.05, 3.63) is 11.8 Å². The summed E-state index contributed by atoms with van der Waals surface area (Å²) in [6, 6.07) is 0. The van der Waals surface area contributed by atoms with E-state index in [-0.39, 0.29) is 5.70 Å². The summed E-state index contributed by atoms with van der Waals surface area (Å²) in [5.74, 6) is -0.448. The molecule has 0 aromatic carbocycles. The van der Waals surface area contributed by atoms with E-state index < -0.39 is 17.7 Å². The summed E-state index contributed by atoms with van der Waals surface area (Å²) in [4.78, 5) is 22.7. The van der Waals surface area contributed by atoms with Gasteiger partial charge in [-0.15, -0.1) is 0 Å². The maximum absolute atomic E-state index is 11.6. The zero-order valence-corrected chi connectivity index (χ0v) is 13.3. The van der Waals surface area contributed by atoms with Gasteiger partial charge in [0, 0.05) is 0 Å². The van der Waals surface area contributed by atoms with Gasteiger partial charge in [0.15, 0.2) is 0 Å². The van der Waals surface area contributed by atoms with Crippen molar-refractivity contribution in [2.45, 2.75) is 71.3 Å². The number of carboxylic acid groups (broad SMARTS) is 1. The molecule has 1 rings (SSSR count). The molecule has 0 aliphatic heterocycles. The number of rotatable bonds is 5. The second kappa shape index (κ2) is 8.05. The van der Waals surface area contributed by atoms with Crippen molar-refractivity contribution >= 4 is 12.1 Å². The molecule has 0 radical (unpaired) electrons. The predicted molar refractivity (Wildman–Crippen MR) is 80.9 cm³/mol. The van der Waals surface area contributed by atoms with Gasteiger partial charge < -0.3 is 9.84 Å². The summed E-state index contributed by atoms with van der Waals surface area (Å²) < 4.78 is 5.06. The predicted octanol–water partition coefficient (Wildman–Crippen LogP) is 3.84. The first-order valence-electron chi connectivity index (χ1n) is 7.71. The van der Waals surface area contributed by atoms with E-state index in [1.165, 1.54) is 32.1 Å². The van der Waals surface area contributed by atoms with Crippen molar-refractivity contribution in [3.8, 4) is 0 Å². The van der Waals surface area contributed by atoms with E-state index in [1.807, 2.05) is 0 Å². The van der Waals surface area contributed by atoms with Crippen molar-refractivity contribution in [3.63, 3.8) is 0 Å². The van der Waals surface area contributed by atoms with Gasteiger partial charge in [-0.2, -0.15) is 0 Å². The van der Waals surface area contributed by atoms with Gasteiger partial charge in [-0.1, -0.05) is 38.2 Å². The van der Waals surface area contributed by atoms with E-state index in [4.69, 9.17) is 9.84 Å². The number of allylic oxidation sites excluding steroid dienone is 1. The van der Waals surface area contributed by atoms with Gasteiger partial charge in [0.05, 0.1) is 0 Å². The summed E-state index contributed by atoms with van der Waals surface area (Å²) in [7, 11) is 0. The quantitative estimate of drug-likeness (QED) is 0.756. The number of carboxylic acids is 1. The van der Waals surface area contributed by atoms with Gasteiger partial charge in [0.2, 0.25) is 0 Å². The number of hydrogen-bond donors (Lipinski definition) is 2. The van der Waals surface area contributed by atoms with Crippen LogP contribution in [-0.2, 0) is 9.53 Å². The van der Waals surface area contributed by atoms with Gasteiger partial charge in [0.1, 0.15) is 11.3 Å². The monoisotopic (exact) mass is 297 g/mol. The Morgan fingerprint density at radius 3 is 2.38 bits per heavy atom. The van der Waals surface area contributed by atoms with E-state index in [0.29, 0.717) is 12.3 Å². The summed E-state index contributed by atoms with van der Waals surface area (Å²) in [5, 5.41) is 11.4. The Bertz CT molecular complexity index is 390. The highest BCUT2D eigenvalue weighted by Crippen LogP contribution is 2.27. The van der Waals surface area contributed by atoms with Gasteiger partial charge in [-0.05, 0) is 39.5 Å². The second-order valence-electron chi connectivity index (χ2n) is 6.63.